The molecule has 1 N–H and O–H groups in total. The van der Waals surface area contributed by atoms with Crippen molar-refractivity contribution in [3.8, 4) is 23.0 Å². The van der Waals surface area contributed by atoms with Gasteiger partial charge in [-0.25, -0.2) is 4.68 Å². The van der Waals surface area contributed by atoms with Gasteiger partial charge in [0.1, 0.15) is 5.69 Å². The van der Waals surface area contributed by atoms with Gasteiger partial charge in [0.2, 0.25) is 11.7 Å². The Hall–Kier alpha value is -4.50. The maximum absolute atomic E-state index is 13.5. The van der Waals surface area contributed by atoms with E-state index in [2.05, 4.69) is 10.4 Å². The second-order valence-corrected chi connectivity index (χ2v) is 7.99. The largest absolute Gasteiger partial charge is 0.325 e. The number of hydrogen-bond acceptors (Lipinski definition) is 4. The molecule has 3 aromatic carbocycles. The Kier molecular flexibility index (Phi) is 5.08. The molecule has 0 radical (unpaired) electrons. The van der Waals surface area contributed by atoms with Crippen LogP contribution < -0.4 is 5.32 Å². The van der Waals surface area contributed by atoms with E-state index in [9.17, 15) is 14.9 Å². The molecule has 0 fully saturated rings. The summed E-state index contributed by atoms with van der Waals surface area (Å²) in [6.07, 6.45) is 0.525. The van der Waals surface area contributed by atoms with Gasteiger partial charge in [0.05, 0.1) is 17.5 Å². The SMILES string of the molecule is Cc1ccccc1-n1nc(C(=O)C(C#N)C(=O)Nc2ccccc2)c2c1-c1ccccc1C2. The highest BCUT2D eigenvalue weighted by molar-refractivity contribution is 6.16. The van der Waals surface area contributed by atoms with Crippen LogP contribution in [-0.4, -0.2) is 21.5 Å². The lowest BCUT2D eigenvalue weighted by atomic mass is 9.98. The molecule has 1 aliphatic carbocycles. The van der Waals surface area contributed by atoms with Crippen LogP contribution >= 0.6 is 0 Å². The fourth-order valence-corrected chi connectivity index (χ4v) is 4.27. The molecule has 0 saturated heterocycles. The lowest BCUT2D eigenvalue weighted by molar-refractivity contribution is -0.117. The van der Waals surface area contributed by atoms with E-state index in [0.717, 1.165) is 33.6 Å². The smallest absolute Gasteiger partial charge is 0.249 e. The fraction of sp³-hybridized carbons (Fsp3) is 0.111. The van der Waals surface area contributed by atoms with Gasteiger partial charge in [0.25, 0.3) is 0 Å². The van der Waals surface area contributed by atoms with Crippen molar-refractivity contribution in [3.05, 3.63) is 101 Å². The van der Waals surface area contributed by atoms with Gasteiger partial charge in [-0.15, -0.1) is 0 Å². The number of Topliss-reactive ketones (excluding diaryl/α,β-unsaturated/α-hetero) is 1. The summed E-state index contributed by atoms with van der Waals surface area (Å²) in [4.78, 5) is 26.3. The number of amides is 1. The monoisotopic (exact) mass is 432 g/mol. The summed E-state index contributed by atoms with van der Waals surface area (Å²) in [6.45, 7) is 1.98. The first-order valence-electron chi connectivity index (χ1n) is 10.6. The van der Waals surface area contributed by atoms with E-state index in [1.165, 1.54) is 0 Å². The maximum atomic E-state index is 13.5. The van der Waals surface area contributed by atoms with Gasteiger partial charge >= 0.3 is 0 Å². The van der Waals surface area contributed by atoms with E-state index in [4.69, 9.17) is 0 Å². The van der Waals surface area contributed by atoms with Crippen molar-refractivity contribution in [2.24, 2.45) is 5.92 Å². The van der Waals surface area contributed by atoms with Crippen LogP contribution in [-0.2, 0) is 11.2 Å². The second-order valence-electron chi connectivity index (χ2n) is 7.99. The summed E-state index contributed by atoms with van der Waals surface area (Å²) in [5.41, 5.74) is 6.23. The molecule has 0 bridgehead atoms. The summed E-state index contributed by atoms with van der Waals surface area (Å²) in [5.74, 6) is -2.76. The predicted octanol–water partition coefficient (Wildman–Crippen LogP) is 4.71. The van der Waals surface area contributed by atoms with Crippen LogP contribution in [0.15, 0.2) is 78.9 Å². The first-order valence-corrected chi connectivity index (χ1v) is 10.6. The topological polar surface area (TPSA) is 87.8 Å². The molecular formula is C27H20N4O2. The number of para-hydroxylation sites is 2. The summed E-state index contributed by atoms with van der Waals surface area (Å²) in [6, 6.07) is 26.4. The number of fused-ring (bicyclic) bond motifs is 3. The number of benzene rings is 3. The first kappa shape index (κ1) is 20.4. The lowest BCUT2D eigenvalue weighted by Gasteiger charge is -2.10. The van der Waals surface area contributed by atoms with E-state index in [1.807, 2.05) is 67.6 Å². The molecule has 33 heavy (non-hydrogen) atoms. The number of hydrogen-bond donors (Lipinski definition) is 1. The number of nitrogens with one attached hydrogen (secondary N) is 1. The highest BCUT2D eigenvalue weighted by atomic mass is 16.2. The minimum Gasteiger partial charge on any atom is -0.325 e. The van der Waals surface area contributed by atoms with Crippen LogP contribution in [0.2, 0.25) is 0 Å². The van der Waals surface area contributed by atoms with Crippen LogP contribution in [0.1, 0.15) is 27.2 Å². The summed E-state index contributed by atoms with van der Waals surface area (Å²) in [7, 11) is 0. The molecule has 4 aromatic rings. The van der Waals surface area contributed by atoms with E-state index in [0.29, 0.717) is 12.1 Å². The van der Waals surface area contributed by atoms with Gasteiger partial charge in [-0.3, -0.25) is 9.59 Å². The van der Waals surface area contributed by atoms with E-state index in [1.54, 1.807) is 28.9 Å². The van der Waals surface area contributed by atoms with E-state index < -0.39 is 17.6 Å². The number of nitriles is 1. The minimum absolute atomic E-state index is 0.166. The van der Waals surface area contributed by atoms with Crippen molar-refractivity contribution in [3.63, 3.8) is 0 Å². The van der Waals surface area contributed by atoms with Gasteiger partial charge < -0.3 is 5.32 Å². The number of rotatable bonds is 5. The molecule has 0 saturated carbocycles. The molecule has 6 heteroatoms. The predicted molar refractivity (Wildman–Crippen MR) is 125 cm³/mol. The zero-order valence-electron chi connectivity index (χ0n) is 17.9. The average molecular weight is 432 g/mol. The second kappa shape index (κ2) is 8.21. The number of nitrogens with zero attached hydrogens (tertiary/aromatic N) is 3. The number of anilines is 1. The van der Waals surface area contributed by atoms with Gasteiger partial charge in [0, 0.05) is 23.2 Å². The molecule has 1 atom stereocenters. The van der Waals surface area contributed by atoms with Crippen molar-refractivity contribution in [1.29, 1.82) is 5.26 Å². The third-order valence-corrected chi connectivity index (χ3v) is 5.90. The highest BCUT2D eigenvalue weighted by Crippen LogP contribution is 2.40. The Morgan fingerprint density at radius 2 is 1.70 bits per heavy atom. The van der Waals surface area contributed by atoms with Crippen molar-refractivity contribution < 1.29 is 9.59 Å². The first-order chi connectivity index (χ1) is 16.1. The quantitative estimate of drug-likeness (QED) is 0.322. The van der Waals surface area contributed by atoms with E-state index >= 15 is 0 Å². The summed E-state index contributed by atoms with van der Waals surface area (Å²) >= 11 is 0. The fourth-order valence-electron chi connectivity index (χ4n) is 4.27. The Labute approximate surface area is 191 Å². The van der Waals surface area contributed by atoms with Crippen molar-refractivity contribution in [2.75, 3.05) is 5.32 Å². The minimum atomic E-state index is -1.50. The standard InChI is InChI=1S/C27H20N4O2/c1-17-9-5-8-14-23(17)31-25-20-13-7-6-10-18(20)15-21(25)24(30-31)26(32)22(16-28)27(33)29-19-11-3-2-4-12-19/h2-14,22H,15H2,1H3,(H,29,33). The van der Waals surface area contributed by atoms with Gasteiger partial charge in [0.15, 0.2) is 5.92 Å². The Bertz CT molecular complexity index is 1430. The molecule has 1 heterocycles. The molecule has 1 unspecified atom stereocenters. The third-order valence-electron chi connectivity index (χ3n) is 5.90. The molecule has 160 valence electrons. The van der Waals surface area contributed by atoms with Gasteiger partial charge in [-0.2, -0.15) is 10.4 Å². The van der Waals surface area contributed by atoms with Crippen LogP contribution in [0, 0.1) is 24.2 Å². The van der Waals surface area contributed by atoms with Crippen LogP contribution in [0.5, 0.6) is 0 Å². The zero-order chi connectivity index (χ0) is 22.9. The Morgan fingerprint density at radius 1 is 1.00 bits per heavy atom. The normalized spacial score (nSPS) is 12.4. The average Bonchev–Trinajstić information content (AvgIpc) is 3.38. The molecule has 1 aromatic heterocycles. The maximum Gasteiger partial charge on any atom is 0.249 e. The summed E-state index contributed by atoms with van der Waals surface area (Å²) < 4.78 is 1.77. The molecular weight excluding hydrogens is 412 g/mol. The van der Waals surface area contributed by atoms with Crippen LogP contribution in [0.25, 0.3) is 16.9 Å². The molecule has 5 rings (SSSR count). The number of carbonyl (C=O) groups excluding carboxylic acids is 2. The molecule has 6 nitrogen and oxygen atoms in total. The highest BCUT2D eigenvalue weighted by Gasteiger charge is 2.36. The van der Waals surface area contributed by atoms with Crippen LogP contribution in [0.3, 0.4) is 0 Å². The Morgan fingerprint density at radius 3 is 2.45 bits per heavy atom. The lowest BCUT2D eigenvalue weighted by Crippen LogP contribution is -2.29. The zero-order valence-corrected chi connectivity index (χ0v) is 17.9. The van der Waals surface area contributed by atoms with Crippen molar-refractivity contribution in [1.82, 2.24) is 9.78 Å². The number of aromatic nitrogens is 2. The van der Waals surface area contributed by atoms with Crippen molar-refractivity contribution >= 4 is 17.4 Å². The molecule has 1 aliphatic rings. The molecule has 0 spiro atoms. The molecule has 0 aliphatic heterocycles. The third kappa shape index (κ3) is 3.50. The summed E-state index contributed by atoms with van der Waals surface area (Å²) in [5, 5.41) is 17.0. The number of carbonyl (C=O) groups is 2. The Balaban J connectivity index is 1.59. The number of aryl methyl sites for hydroxylation is 1. The number of ketones is 1. The van der Waals surface area contributed by atoms with Crippen molar-refractivity contribution in [2.45, 2.75) is 13.3 Å². The van der Waals surface area contributed by atoms with E-state index in [-0.39, 0.29) is 5.69 Å². The van der Waals surface area contributed by atoms with Crippen LogP contribution in [0.4, 0.5) is 5.69 Å². The van der Waals surface area contributed by atoms with Gasteiger partial charge in [-0.1, -0.05) is 60.7 Å². The van der Waals surface area contributed by atoms with Gasteiger partial charge in [-0.05, 0) is 36.2 Å². The molecule has 1 amide bonds.